The maximum atomic E-state index is 12.4. The molecule has 0 heterocycles. The molecule has 0 radical (unpaired) electrons. The van der Waals surface area contributed by atoms with Crippen LogP contribution < -0.4 is 0 Å². The number of fused-ring (bicyclic) bond motifs is 5. The van der Waals surface area contributed by atoms with Gasteiger partial charge in [-0.05, 0) is 79.6 Å². The molecule has 4 aliphatic rings. The summed E-state index contributed by atoms with van der Waals surface area (Å²) in [6, 6.07) is 0. The highest BCUT2D eigenvalue weighted by Crippen LogP contribution is 2.66. The first-order valence-corrected chi connectivity index (χ1v) is 10.3. The molecule has 132 valence electrons. The van der Waals surface area contributed by atoms with Crippen LogP contribution in [0.4, 0.5) is 0 Å². The van der Waals surface area contributed by atoms with E-state index in [1.807, 2.05) is 6.08 Å². The molecule has 0 aromatic carbocycles. The lowest BCUT2D eigenvalue weighted by Gasteiger charge is -2.58. The molecule has 3 fully saturated rings. The molecule has 4 aliphatic carbocycles. The number of ketones is 2. The first-order chi connectivity index (χ1) is 11.4. The summed E-state index contributed by atoms with van der Waals surface area (Å²) in [5, 5.41) is 0. The minimum Gasteiger partial charge on any atom is -0.298 e. The van der Waals surface area contributed by atoms with Crippen molar-refractivity contribution in [3.63, 3.8) is 0 Å². The van der Waals surface area contributed by atoms with Gasteiger partial charge in [0.25, 0.3) is 0 Å². The molecule has 0 saturated heterocycles. The van der Waals surface area contributed by atoms with Gasteiger partial charge in [-0.25, -0.2) is 0 Å². The Bertz CT molecular complexity index is 609. The van der Waals surface area contributed by atoms with Crippen LogP contribution in [0, 0.1) is 34.5 Å². The molecule has 24 heavy (non-hydrogen) atoms. The Balaban J connectivity index is 1.65. The van der Waals surface area contributed by atoms with Crippen molar-refractivity contribution in [2.45, 2.75) is 65.2 Å². The fourth-order valence-electron chi connectivity index (χ4n) is 7.18. The molecular weight excluding hydrogens is 320 g/mol. The number of hydrogen-bond acceptors (Lipinski definition) is 2. The summed E-state index contributed by atoms with van der Waals surface area (Å²) < 4.78 is 0. The summed E-state index contributed by atoms with van der Waals surface area (Å²) in [4.78, 5) is 24.3. The van der Waals surface area contributed by atoms with E-state index in [-0.39, 0.29) is 28.4 Å². The van der Waals surface area contributed by atoms with E-state index in [0.29, 0.717) is 17.6 Å². The fourth-order valence-corrected chi connectivity index (χ4v) is 7.37. The standard InChI is InChI=1S/C21H29ClO2/c1-20-9-7-14(23)11-13(20)3-4-15-16-5-6-18(19(24)12-22)21(16,2)10-8-17(15)20/h11,15-18H,3-10,12H2,1-2H3/t15-,16-,17-,18+,20-,21-/m0/s1. The number of Topliss-reactive ketones (excluding diaryl/α,β-unsaturated/α-hetero) is 1. The smallest absolute Gasteiger partial charge is 0.155 e. The topological polar surface area (TPSA) is 34.1 Å². The third kappa shape index (κ3) is 2.21. The van der Waals surface area contributed by atoms with Crippen LogP contribution in [-0.2, 0) is 9.59 Å². The monoisotopic (exact) mass is 348 g/mol. The summed E-state index contributed by atoms with van der Waals surface area (Å²) in [6.07, 6.45) is 10.6. The molecule has 0 spiro atoms. The highest BCUT2D eigenvalue weighted by molar-refractivity contribution is 6.28. The zero-order valence-electron chi connectivity index (χ0n) is 14.9. The third-order valence-electron chi connectivity index (χ3n) is 8.48. The van der Waals surface area contributed by atoms with Gasteiger partial charge < -0.3 is 0 Å². The Kier molecular flexibility index (Phi) is 3.99. The van der Waals surface area contributed by atoms with E-state index in [2.05, 4.69) is 13.8 Å². The molecule has 3 saturated carbocycles. The van der Waals surface area contributed by atoms with E-state index in [1.165, 1.54) is 24.8 Å². The van der Waals surface area contributed by atoms with Crippen LogP contribution in [0.1, 0.15) is 65.2 Å². The van der Waals surface area contributed by atoms with E-state index >= 15 is 0 Å². The van der Waals surface area contributed by atoms with Crippen molar-refractivity contribution in [1.82, 2.24) is 0 Å². The van der Waals surface area contributed by atoms with Crippen LogP contribution in [0.5, 0.6) is 0 Å². The van der Waals surface area contributed by atoms with Crippen LogP contribution >= 0.6 is 11.6 Å². The second-order valence-electron chi connectivity index (χ2n) is 9.24. The summed E-state index contributed by atoms with van der Waals surface area (Å²) in [5.74, 6) is 3.05. The number of rotatable bonds is 2. The number of carbonyl (C=O) groups is 2. The normalized spacial score (nSPS) is 47.5. The van der Waals surface area contributed by atoms with Gasteiger partial charge in [-0.2, -0.15) is 0 Å². The molecule has 2 nitrogen and oxygen atoms in total. The van der Waals surface area contributed by atoms with E-state index in [0.717, 1.165) is 38.0 Å². The zero-order chi connectivity index (χ0) is 17.1. The Hall–Kier alpha value is -0.630. The van der Waals surface area contributed by atoms with Crippen molar-refractivity contribution in [3.05, 3.63) is 11.6 Å². The predicted octanol–water partition coefficient (Wildman–Crippen LogP) is 4.94. The lowest BCUT2D eigenvalue weighted by atomic mass is 9.46. The van der Waals surface area contributed by atoms with Crippen molar-refractivity contribution in [2.75, 3.05) is 5.88 Å². The maximum absolute atomic E-state index is 12.4. The number of allylic oxidation sites excluding steroid dienone is 1. The van der Waals surface area contributed by atoms with Crippen LogP contribution in [0.25, 0.3) is 0 Å². The number of halogens is 1. The Morgan fingerprint density at radius 3 is 2.67 bits per heavy atom. The molecule has 0 N–H and O–H groups in total. The van der Waals surface area contributed by atoms with Gasteiger partial charge in [-0.3, -0.25) is 9.59 Å². The van der Waals surface area contributed by atoms with Gasteiger partial charge in [0.05, 0.1) is 5.88 Å². The van der Waals surface area contributed by atoms with E-state index in [1.54, 1.807) is 0 Å². The quantitative estimate of drug-likeness (QED) is 0.662. The summed E-state index contributed by atoms with van der Waals surface area (Å²) in [6.45, 7) is 4.79. The van der Waals surface area contributed by atoms with Gasteiger partial charge in [0.15, 0.2) is 11.6 Å². The minimum atomic E-state index is 0.162. The van der Waals surface area contributed by atoms with Crippen molar-refractivity contribution >= 4 is 23.2 Å². The molecule has 4 rings (SSSR count). The van der Waals surface area contributed by atoms with Crippen LogP contribution in [-0.4, -0.2) is 17.4 Å². The minimum absolute atomic E-state index is 0.162. The fraction of sp³-hybridized carbons (Fsp3) is 0.810. The third-order valence-corrected chi connectivity index (χ3v) is 8.75. The second-order valence-corrected chi connectivity index (χ2v) is 9.51. The lowest BCUT2D eigenvalue weighted by Crippen LogP contribution is -2.51. The van der Waals surface area contributed by atoms with E-state index in [9.17, 15) is 9.59 Å². The van der Waals surface area contributed by atoms with Gasteiger partial charge in [0.1, 0.15) is 0 Å². The number of hydrogen-bond donors (Lipinski definition) is 0. The largest absolute Gasteiger partial charge is 0.298 e. The van der Waals surface area contributed by atoms with Crippen LogP contribution in [0.2, 0.25) is 0 Å². The lowest BCUT2D eigenvalue weighted by molar-refractivity contribution is -0.128. The van der Waals surface area contributed by atoms with E-state index < -0.39 is 0 Å². The predicted molar refractivity (Wildman–Crippen MR) is 95.9 cm³/mol. The van der Waals surface area contributed by atoms with Crippen molar-refractivity contribution < 1.29 is 9.59 Å². The highest BCUT2D eigenvalue weighted by Gasteiger charge is 2.59. The molecule has 0 bridgehead atoms. The van der Waals surface area contributed by atoms with Gasteiger partial charge in [-0.15, -0.1) is 11.6 Å². The molecule has 6 atom stereocenters. The highest BCUT2D eigenvalue weighted by atomic mass is 35.5. The molecule has 0 amide bonds. The van der Waals surface area contributed by atoms with Gasteiger partial charge >= 0.3 is 0 Å². The van der Waals surface area contributed by atoms with Crippen LogP contribution in [0.3, 0.4) is 0 Å². The molecular formula is C21H29ClO2. The first kappa shape index (κ1) is 16.8. The van der Waals surface area contributed by atoms with Gasteiger partial charge in [-0.1, -0.05) is 19.4 Å². The Labute approximate surface area is 150 Å². The average Bonchev–Trinajstić information content (AvgIpc) is 2.92. The number of alkyl halides is 1. The number of carbonyl (C=O) groups excluding carboxylic acids is 2. The SMILES string of the molecule is C[C@]12CC[C@H]3[C@@H](CCC4=CC(=O)CC[C@@]43C)[C@@H]1CC[C@@H]2C(=O)CCl. The maximum Gasteiger partial charge on any atom is 0.155 e. The van der Waals surface area contributed by atoms with Gasteiger partial charge in [0, 0.05) is 12.3 Å². The van der Waals surface area contributed by atoms with Crippen molar-refractivity contribution in [1.29, 1.82) is 0 Å². The molecule has 0 aromatic heterocycles. The van der Waals surface area contributed by atoms with Crippen molar-refractivity contribution in [3.8, 4) is 0 Å². The molecule has 0 unspecified atom stereocenters. The molecule has 0 aromatic rings. The van der Waals surface area contributed by atoms with Crippen LogP contribution in [0.15, 0.2) is 11.6 Å². The average molecular weight is 349 g/mol. The van der Waals surface area contributed by atoms with E-state index in [4.69, 9.17) is 11.6 Å². The molecule has 3 heteroatoms. The van der Waals surface area contributed by atoms with Gasteiger partial charge in [0.2, 0.25) is 0 Å². The summed E-state index contributed by atoms with van der Waals surface area (Å²) in [7, 11) is 0. The Morgan fingerprint density at radius 1 is 1.12 bits per heavy atom. The first-order valence-electron chi connectivity index (χ1n) is 9.72. The summed E-state index contributed by atoms with van der Waals surface area (Å²) >= 11 is 5.90. The molecule has 0 aliphatic heterocycles. The Morgan fingerprint density at radius 2 is 1.92 bits per heavy atom. The zero-order valence-corrected chi connectivity index (χ0v) is 15.7. The second kappa shape index (κ2) is 5.69. The summed E-state index contributed by atoms with van der Waals surface area (Å²) in [5.41, 5.74) is 1.82. The van der Waals surface area contributed by atoms with Crippen molar-refractivity contribution in [2.24, 2.45) is 34.5 Å².